The summed E-state index contributed by atoms with van der Waals surface area (Å²) >= 11 is 0. The quantitative estimate of drug-likeness (QED) is 0.757. The summed E-state index contributed by atoms with van der Waals surface area (Å²) in [5.41, 5.74) is 3.67. The number of rotatable bonds is 3. The Labute approximate surface area is 100 Å². The lowest BCUT2D eigenvalue weighted by Gasteiger charge is -2.07. The van der Waals surface area contributed by atoms with Gasteiger partial charge in [0, 0.05) is 22.9 Å². The molecule has 86 valence electrons. The fourth-order valence-corrected chi connectivity index (χ4v) is 1.70. The number of benzene rings is 1. The molecule has 0 aliphatic carbocycles. The summed E-state index contributed by atoms with van der Waals surface area (Å²) in [6.07, 6.45) is 0.836. The summed E-state index contributed by atoms with van der Waals surface area (Å²) < 4.78 is 5.06. The molecule has 0 spiro atoms. The van der Waals surface area contributed by atoms with Gasteiger partial charge in [-0.2, -0.15) is 0 Å². The molecule has 2 aromatic rings. The van der Waals surface area contributed by atoms with Crippen LogP contribution in [-0.2, 0) is 0 Å². The number of aryl methyl sites for hydroxylation is 1. The van der Waals surface area contributed by atoms with Crippen LogP contribution >= 0.6 is 0 Å². The van der Waals surface area contributed by atoms with Gasteiger partial charge in [-0.15, -0.1) is 0 Å². The zero-order valence-corrected chi connectivity index (χ0v) is 9.81. The van der Waals surface area contributed by atoms with Crippen LogP contribution in [0.3, 0.4) is 0 Å². The Balaban J connectivity index is 2.41. The molecule has 0 amide bonds. The molecule has 0 unspecified atom stereocenters. The van der Waals surface area contributed by atoms with Crippen LogP contribution in [-0.4, -0.2) is 18.4 Å². The lowest BCUT2D eigenvalue weighted by atomic mass is 10.0. The largest absolute Gasteiger partial charge is 0.481 e. The normalized spacial score (nSPS) is 10.0. The standard InChI is InChI=1S/C14H13NO2/c1-10-13(7-8-14(15-10)17-2)12-5-3-11(9-16)4-6-12/h3-9H,1-2H3. The zero-order valence-electron chi connectivity index (χ0n) is 9.81. The number of ether oxygens (including phenoxy) is 1. The zero-order chi connectivity index (χ0) is 12.3. The number of aromatic nitrogens is 1. The maximum absolute atomic E-state index is 10.6. The van der Waals surface area contributed by atoms with E-state index in [1.54, 1.807) is 19.2 Å². The SMILES string of the molecule is COc1ccc(-c2ccc(C=O)cc2)c(C)n1. The molecule has 2 rings (SSSR count). The fraction of sp³-hybridized carbons (Fsp3) is 0.143. The van der Waals surface area contributed by atoms with E-state index in [1.165, 1.54) is 0 Å². The Kier molecular flexibility index (Phi) is 3.19. The molecule has 0 atom stereocenters. The second-order valence-electron chi connectivity index (χ2n) is 3.73. The lowest BCUT2D eigenvalue weighted by Crippen LogP contribution is -1.92. The summed E-state index contributed by atoms with van der Waals surface area (Å²) in [7, 11) is 1.60. The van der Waals surface area contributed by atoms with Crippen molar-refractivity contribution in [3.63, 3.8) is 0 Å². The summed E-state index contributed by atoms with van der Waals surface area (Å²) in [5, 5.41) is 0. The van der Waals surface area contributed by atoms with Crippen molar-refractivity contribution in [1.82, 2.24) is 4.98 Å². The average molecular weight is 227 g/mol. The molecule has 0 saturated carbocycles. The molecule has 0 aliphatic heterocycles. The second-order valence-corrected chi connectivity index (χ2v) is 3.73. The molecule has 3 heteroatoms. The molecule has 3 nitrogen and oxygen atoms in total. The van der Waals surface area contributed by atoms with Gasteiger partial charge in [-0.25, -0.2) is 4.98 Å². The molecular weight excluding hydrogens is 214 g/mol. The summed E-state index contributed by atoms with van der Waals surface area (Å²) in [6, 6.07) is 11.2. The average Bonchev–Trinajstić information content (AvgIpc) is 2.39. The van der Waals surface area contributed by atoms with E-state index in [-0.39, 0.29) is 0 Å². The van der Waals surface area contributed by atoms with Gasteiger partial charge in [-0.3, -0.25) is 4.79 Å². The smallest absolute Gasteiger partial charge is 0.213 e. The number of nitrogens with zero attached hydrogens (tertiary/aromatic N) is 1. The van der Waals surface area contributed by atoms with Gasteiger partial charge in [0.2, 0.25) is 5.88 Å². The molecule has 0 N–H and O–H groups in total. The Morgan fingerprint density at radius 2 is 1.82 bits per heavy atom. The number of pyridine rings is 1. The number of carbonyl (C=O) groups is 1. The van der Waals surface area contributed by atoms with Crippen molar-refractivity contribution >= 4 is 6.29 Å². The Morgan fingerprint density at radius 1 is 1.12 bits per heavy atom. The molecule has 0 aliphatic rings. The molecule has 1 heterocycles. The van der Waals surface area contributed by atoms with E-state index in [9.17, 15) is 4.79 Å². The van der Waals surface area contributed by atoms with E-state index >= 15 is 0 Å². The Hall–Kier alpha value is -2.16. The van der Waals surface area contributed by atoms with Crippen molar-refractivity contribution in [3.8, 4) is 17.0 Å². The first-order valence-electron chi connectivity index (χ1n) is 5.32. The summed E-state index contributed by atoms with van der Waals surface area (Å²) in [6.45, 7) is 1.94. The number of carbonyl (C=O) groups excluding carboxylic acids is 1. The molecular formula is C14H13NO2. The number of hydrogen-bond donors (Lipinski definition) is 0. The Morgan fingerprint density at radius 3 is 2.35 bits per heavy atom. The molecule has 0 radical (unpaired) electrons. The van der Waals surface area contributed by atoms with Gasteiger partial charge in [0.15, 0.2) is 0 Å². The van der Waals surface area contributed by atoms with Crippen molar-refractivity contribution in [3.05, 3.63) is 47.7 Å². The molecule has 17 heavy (non-hydrogen) atoms. The first-order valence-corrected chi connectivity index (χ1v) is 5.32. The molecule has 0 saturated heterocycles. The number of methoxy groups -OCH3 is 1. The van der Waals surface area contributed by atoms with E-state index in [0.717, 1.165) is 23.1 Å². The van der Waals surface area contributed by atoms with Crippen LogP contribution in [0.15, 0.2) is 36.4 Å². The third kappa shape index (κ3) is 2.33. The molecule has 0 bridgehead atoms. The van der Waals surface area contributed by atoms with Gasteiger partial charge < -0.3 is 4.74 Å². The van der Waals surface area contributed by atoms with Gasteiger partial charge in [-0.05, 0) is 18.6 Å². The van der Waals surface area contributed by atoms with Crippen LogP contribution in [0.1, 0.15) is 16.1 Å². The van der Waals surface area contributed by atoms with Crippen LogP contribution in [0.2, 0.25) is 0 Å². The minimum Gasteiger partial charge on any atom is -0.481 e. The van der Waals surface area contributed by atoms with Gasteiger partial charge in [0.25, 0.3) is 0 Å². The van der Waals surface area contributed by atoms with Crippen LogP contribution in [0.5, 0.6) is 5.88 Å². The monoisotopic (exact) mass is 227 g/mol. The third-order valence-corrected chi connectivity index (χ3v) is 2.63. The third-order valence-electron chi connectivity index (χ3n) is 2.63. The lowest BCUT2D eigenvalue weighted by molar-refractivity contribution is 0.112. The van der Waals surface area contributed by atoms with Gasteiger partial charge in [-0.1, -0.05) is 24.3 Å². The predicted octanol–water partition coefficient (Wildman–Crippen LogP) is 2.88. The molecule has 1 aromatic carbocycles. The van der Waals surface area contributed by atoms with Crippen molar-refractivity contribution in [2.24, 2.45) is 0 Å². The van der Waals surface area contributed by atoms with Crippen molar-refractivity contribution in [1.29, 1.82) is 0 Å². The maximum atomic E-state index is 10.6. The minimum atomic E-state index is 0.607. The van der Waals surface area contributed by atoms with Crippen molar-refractivity contribution < 1.29 is 9.53 Å². The number of aldehydes is 1. The highest BCUT2D eigenvalue weighted by atomic mass is 16.5. The summed E-state index contributed by atoms with van der Waals surface area (Å²) in [5.74, 6) is 0.607. The highest BCUT2D eigenvalue weighted by Gasteiger charge is 2.04. The van der Waals surface area contributed by atoms with Crippen molar-refractivity contribution in [2.45, 2.75) is 6.92 Å². The highest BCUT2D eigenvalue weighted by Crippen LogP contribution is 2.24. The van der Waals surface area contributed by atoms with Crippen LogP contribution in [0, 0.1) is 6.92 Å². The first kappa shape index (κ1) is 11.3. The number of hydrogen-bond acceptors (Lipinski definition) is 3. The van der Waals surface area contributed by atoms with E-state index in [2.05, 4.69) is 4.98 Å². The van der Waals surface area contributed by atoms with Gasteiger partial charge >= 0.3 is 0 Å². The summed E-state index contributed by atoms with van der Waals surface area (Å²) in [4.78, 5) is 14.9. The topological polar surface area (TPSA) is 39.2 Å². The molecule has 0 fully saturated rings. The van der Waals surface area contributed by atoms with Crippen LogP contribution < -0.4 is 4.74 Å². The van der Waals surface area contributed by atoms with Gasteiger partial charge in [0.05, 0.1) is 7.11 Å². The van der Waals surface area contributed by atoms with Crippen molar-refractivity contribution in [2.75, 3.05) is 7.11 Å². The van der Waals surface area contributed by atoms with Crippen LogP contribution in [0.4, 0.5) is 0 Å². The van der Waals surface area contributed by atoms with Crippen LogP contribution in [0.25, 0.3) is 11.1 Å². The van der Waals surface area contributed by atoms with E-state index in [0.29, 0.717) is 11.4 Å². The second kappa shape index (κ2) is 4.78. The maximum Gasteiger partial charge on any atom is 0.213 e. The highest BCUT2D eigenvalue weighted by molar-refractivity contribution is 5.77. The predicted molar refractivity (Wildman–Crippen MR) is 66.3 cm³/mol. The Bertz CT molecular complexity index is 532. The van der Waals surface area contributed by atoms with E-state index < -0.39 is 0 Å². The van der Waals surface area contributed by atoms with E-state index in [1.807, 2.05) is 31.2 Å². The fourth-order valence-electron chi connectivity index (χ4n) is 1.70. The van der Waals surface area contributed by atoms with E-state index in [4.69, 9.17) is 4.74 Å². The molecule has 1 aromatic heterocycles. The first-order chi connectivity index (χ1) is 8.24. The minimum absolute atomic E-state index is 0.607. The van der Waals surface area contributed by atoms with Gasteiger partial charge in [0.1, 0.15) is 6.29 Å².